The Morgan fingerprint density at radius 1 is 0.653 bits per heavy atom. The Kier molecular flexibility index (Phi) is 30.0. The van der Waals surface area contributed by atoms with E-state index in [0.717, 1.165) is 64.2 Å². The van der Waals surface area contributed by atoms with Gasteiger partial charge in [-0.3, -0.25) is 4.79 Å². The summed E-state index contributed by atoms with van der Waals surface area (Å²) in [5.74, 6) is -0.337. The summed E-state index contributed by atoms with van der Waals surface area (Å²) in [7, 11) is 0. The third-order valence-corrected chi connectivity index (χ3v) is 8.81. The van der Waals surface area contributed by atoms with Crippen LogP contribution >= 0.6 is 0 Å². The van der Waals surface area contributed by atoms with Crippen molar-refractivity contribution < 1.29 is 44.2 Å². The summed E-state index contributed by atoms with van der Waals surface area (Å²) in [6.45, 7) is 4.38. The van der Waals surface area contributed by atoms with Crippen LogP contribution in [-0.4, -0.2) is 89.6 Å². The molecule has 1 aliphatic rings. The summed E-state index contributed by atoms with van der Waals surface area (Å²) in [6.07, 6.45) is 29.5. The van der Waals surface area contributed by atoms with E-state index >= 15 is 0 Å². The van der Waals surface area contributed by atoms with Gasteiger partial charge in [-0.1, -0.05) is 127 Å². The van der Waals surface area contributed by atoms with Crippen molar-refractivity contribution in [1.82, 2.24) is 0 Å². The smallest absolute Gasteiger partial charge is 0.306 e. The Balaban J connectivity index is 2.16. The average Bonchev–Trinajstić information content (AvgIpc) is 3.10. The number of ether oxygens (including phenoxy) is 4. The molecule has 0 bridgehead atoms. The second-order valence-electron chi connectivity index (χ2n) is 13.4. The predicted molar refractivity (Wildman–Crippen MR) is 196 cm³/mol. The maximum absolute atomic E-state index is 12.4. The normalized spacial score (nSPS) is 22.1. The summed E-state index contributed by atoms with van der Waals surface area (Å²) in [4.78, 5) is 12.4. The van der Waals surface area contributed by atoms with Gasteiger partial charge in [-0.25, -0.2) is 0 Å². The summed E-state index contributed by atoms with van der Waals surface area (Å²) in [6, 6.07) is 0. The number of carbonyl (C=O) groups is 1. The van der Waals surface area contributed by atoms with Gasteiger partial charge in [0.15, 0.2) is 6.29 Å². The zero-order valence-corrected chi connectivity index (χ0v) is 30.9. The maximum atomic E-state index is 12.4. The van der Waals surface area contributed by atoms with Gasteiger partial charge in [0.05, 0.1) is 19.8 Å². The molecule has 6 atom stereocenters. The molecule has 6 unspecified atom stereocenters. The SMILES string of the molecule is CCCCCCC/C=C\C/C=C\C/C=C\CCCCCCCCCOCC(COC1OC(CO)C(O)C(O)C1O)OC(=O)CCCCCC. The van der Waals surface area contributed by atoms with Crippen molar-refractivity contribution in [2.45, 2.75) is 185 Å². The molecular weight excluding hydrogens is 624 g/mol. The first-order valence-corrected chi connectivity index (χ1v) is 19.6. The summed E-state index contributed by atoms with van der Waals surface area (Å²) in [5.41, 5.74) is 0. The first kappa shape index (κ1) is 45.4. The number of hydrogen-bond acceptors (Lipinski definition) is 9. The molecule has 1 rings (SSSR count). The minimum atomic E-state index is -1.53. The van der Waals surface area contributed by atoms with E-state index in [0.29, 0.717) is 13.0 Å². The minimum absolute atomic E-state index is 0.119. The van der Waals surface area contributed by atoms with Crippen LogP contribution in [-0.2, 0) is 23.7 Å². The summed E-state index contributed by atoms with van der Waals surface area (Å²) >= 11 is 0. The van der Waals surface area contributed by atoms with Crippen LogP contribution in [0.25, 0.3) is 0 Å². The lowest BCUT2D eigenvalue weighted by Gasteiger charge is -2.39. The molecule has 1 fully saturated rings. The number of unbranched alkanes of at least 4 members (excludes halogenated alkanes) is 15. The molecule has 0 radical (unpaired) electrons. The molecule has 1 heterocycles. The Morgan fingerprint density at radius 2 is 1.18 bits per heavy atom. The first-order chi connectivity index (χ1) is 23.9. The lowest BCUT2D eigenvalue weighted by atomic mass is 9.99. The molecule has 1 saturated heterocycles. The zero-order valence-electron chi connectivity index (χ0n) is 30.9. The van der Waals surface area contributed by atoms with E-state index in [4.69, 9.17) is 18.9 Å². The third-order valence-electron chi connectivity index (χ3n) is 8.81. The zero-order chi connectivity index (χ0) is 35.8. The number of rotatable bonds is 32. The van der Waals surface area contributed by atoms with Gasteiger partial charge in [0.1, 0.15) is 30.5 Å². The van der Waals surface area contributed by atoms with Gasteiger partial charge < -0.3 is 39.4 Å². The second-order valence-corrected chi connectivity index (χ2v) is 13.4. The monoisotopic (exact) mass is 697 g/mol. The predicted octanol–water partition coefficient (Wildman–Crippen LogP) is 7.63. The highest BCUT2D eigenvalue weighted by Crippen LogP contribution is 2.22. The molecule has 49 heavy (non-hydrogen) atoms. The largest absolute Gasteiger partial charge is 0.457 e. The van der Waals surface area contributed by atoms with Crippen molar-refractivity contribution in [3.05, 3.63) is 36.5 Å². The fourth-order valence-corrected chi connectivity index (χ4v) is 5.67. The van der Waals surface area contributed by atoms with Gasteiger partial charge in [0, 0.05) is 13.0 Å². The van der Waals surface area contributed by atoms with E-state index in [-0.39, 0.29) is 19.2 Å². The molecule has 9 nitrogen and oxygen atoms in total. The van der Waals surface area contributed by atoms with Crippen LogP contribution in [0.2, 0.25) is 0 Å². The topological polar surface area (TPSA) is 135 Å². The van der Waals surface area contributed by atoms with Crippen molar-refractivity contribution in [3.63, 3.8) is 0 Å². The van der Waals surface area contributed by atoms with Crippen LogP contribution in [0.3, 0.4) is 0 Å². The van der Waals surface area contributed by atoms with Gasteiger partial charge >= 0.3 is 5.97 Å². The van der Waals surface area contributed by atoms with Crippen LogP contribution in [0.1, 0.15) is 149 Å². The quantitative estimate of drug-likeness (QED) is 0.0318. The summed E-state index contributed by atoms with van der Waals surface area (Å²) in [5, 5.41) is 39.7. The van der Waals surface area contributed by atoms with Gasteiger partial charge in [-0.2, -0.15) is 0 Å². The number of aliphatic hydroxyl groups excluding tert-OH is 4. The number of carbonyl (C=O) groups excluding carboxylic acids is 1. The fourth-order valence-electron chi connectivity index (χ4n) is 5.67. The molecule has 0 aliphatic carbocycles. The van der Waals surface area contributed by atoms with Crippen molar-refractivity contribution >= 4 is 5.97 Å². The molecule has 0 saturated carbocycles. The van der Waals surface area contributed by atoms with Crippen molar-refractivity contribution in [3.8, 4) is 0 Å². The number of allylic oxidation sites excluding steroid dienone is 6. The molecule has 0 aromatic rings. The lowest BCUT2D eigenvalue weighted by Crippen LogP contribution is -2.59. The highest BCUT2D eigenvalue weighted by molar-refractivity contribution is 5.69. The van der Waals surface area contributed by atoms with Gasteiger partial charge in [0.2, 0.25) is 0 Å². The van der Waals surface area contributed by atoms with Gasteiger partial charge in [-0.05, 0) is 51.4 Å². The first-order valence-electron chi connectivity index (χ1n) is 19.6. The third kappa shape index (κ3) is 24.3. The second kappa shape index (κ2) is 32.3. The number of hydrogen-bond donors (Lipinski definition) is 4. The van der Waals surface area contributed by atoms with Gasteiger partial charge in [-0.15, -0.1) is 0 Å². The fraction of sp³-hybridized carbons (Fsp3) is 0.825. The van der Waals surface area contributed by atoms with Crippen LogP contribution in [0.15, 0.2) is 36.5 Å². The average molecular weight is 697 g/mol. The molecule has 0 aromatic carbocycles. The highest BCUT2D eigenvalue weighted by Gasteiger charge is 2.44. The summed E-state index contributed by atoms with van der Waals surface area (Å²) < 4.78 is 22.5. The maximum Gasteiger partial charge on any atom is 0.306 e. The minimum Gasteiger partial charge on any atom is -0.457 e. The van der Waals surface area contributed by atoms with E-state index in [2.05, 4.69) is 50.3 Å². The molecule has 286 valence electrons. The van der Waals surface area contributed by atoms with E-state index in [1.54, 1.807) is 0 Å². The van der Waals surface area contributed by atoms with Crippen LogP contribution in [0.5, 0.6) is 0 Å². The Morgan fingerprint density at radius 3 is 1.78 bits per heavy atom. The molecule has 1 aliphatic heterocycles. The van der Waals surface area contributed by atoms with E-state index < -0.39 is 43.4 Å². The lowest BCUT2D eigenvalue weighted by molar-refractivity contribution is -0.305. The van der Waals surface area contributed by atoms with Crippen LogP contribution < -0.4 is 0 Å². The van der Waals surface area contributed by atoms with Crippen molar-refractivity contribution in [2.75, 3.05) is 26.4 Å². The van der Waals surface area contributed by atoms with Crippen molar-refractivity contribution in [2.24, 2.45) is 0 Å². The number of aliphatic hydroxyl groups is 4. The van der Waals surface area contributed by atoms with E-state index in [1.807, 2.05) is 0 Å². The van der Waals surface area contributed by atoms with E-state index in [1.165, 1.54) is 64.2 Å². The van der Waals surface area contributed by atoms with Crippen molar-refractivity contribution in [1.29, 1.82) is 0 Å². The number of esters is 1. The van der Waals surface area contributed by atoms with E-state index in [9.17, 15) is 25.2 Å². The Labute approximate surface area is 298 Å². The molecular formula is C40H72O9. The Hall–Kier alpha value is -1.59. The van der Waals surface area contributed by atoms with Crippen LogP contribution in [0, 0.1) is 0 Å². The van der Waals surface area contributed by atoms with Crippen LogP contribution in [0.4, 0.5) is 0 Å². The Bertz CT molecular complexity index is 844. The standard InChI is InChI=1S/C40H72O9/c1-3-5-7-9-10-11-12-13-14-15-16-17-18-19-20-21-22-23-24-25-26-28-30-46-32-34(48-36(42)29-27-8-6-4-2)33-47-40-39(45)38(44)37(43)35(31-41)49-40/h12-13,15-16,18-19,34-35,37-41,43-45H,3-11,14,17,20-33H2,1-2H3/b13-12-,16-15-,19-18-. The molecule has 0 aromatic heterocycles. The highest BCUT2D eigenvalue weighted by atomic mass is 16.7. The molecule has 9 heteroatoms. The molecule has 0 amide bonds. The van der Waals surface area contributed by atoms with Gasteiger partial charge in [0.25, 0.3) is 0 Å². The molecule has 4 N–H and O–H groups in total. The molecule has 0 spiro atoms.